The summed E-state index contributed by atoms with van der Waals surface area (Å²) in [6.45, 7) is 1.34. The highest BCUT2D eigenvalue weighted by molar-refractivity contribution is 5.35. The molecule has 2 heterocycles. The van der Waals surface area contributed by atoms with E-state index in [-0.39, 0.29) is 5.88 Å². The van der Waals surface area contributed by atoms with E-state index in [1.165, 1.54) is 0 Å². The molecule has 3 rings (SSSR count). The third kappa shape index (κ3) is 3.68. The second-order valence-corrected chi connectivity index (χ2v) is 6.11. The van der Waals surface area contributed by atoms with Gasteiger partial charge >= 0.3 is 0 Å². The predicted octanol–water partition coefficient (Wildman–Crippen LogP) is -0.512. The Morgan fingerprint density at radius 1 is 1.12 bits per heavy atom. The maximum atomic E-state index is 10.1. The molecule has 5 atom stereocenters. The number of hydrogen-bond donors (Lipinski definition) is 5. The molecular weight excluding hydrogens is 328 g/mol. The topological polar surface area (TPSA) is 128 Å². The van der Waals surface area contributed by atoms with Gasteiger partial charge in [0, 0.05) is 17.7 Å². The van der Waals surface area contributed by atoms with Crippen molar-refractivity contribution in [2.75, 3.05) is 6.61 Å². The molecule has 1 aromatic carbocycles. The number of nitrogens with zero attached hydrogens (tertiary/aromatic N) is 1. The average molecular weight is 350 g/mol. The van der Waals surface area contributed by atoms with Crippen molar-refractivity contribution in [3.8, 4) is 5.88 Å². The van der Waals surface area contributed by atoms with Crippen LogP contribution in [0.5, 0.6) is 5.88 Å². The quantitative estimate of drug-likeness (QED) is 0.491. The Balaban J connectivity index is 1.79. The molecule has 1 saturated heterocycles. The minimum atomic E-state index is -1.49. The molecule has 1 aliphatic rings. The zero-order valence-corrected chi connectivity index (χ0v) is 13.7. The lowest BCUT2D eigenvalue weighted by atomic mass is 9.99. The Labute approximate surface area is 144 Å². The number of aromatic amines is 1. The van der Waals surface area contributed by atoms with Gasteiger partial charge in [-0.25, -0.2) is 0 Å². The first kappa shape index (κ1) is 17.8. The molecule has 1 fully saturated rings. The number of aliphatic hydroxyl groups is 4. The van der Waals surface area contributed by atoms with Gasteiger partial charge in [-0.2, -0.15) is 0 Å². The summed E-state index contributed by atoms with van der Waals surface area (Å²) in [7, 11) is 0. The van der Waals surface area contributed by atoms with Crippen LogP contribution in [0, 0.1) is 6.92 Å². The number of aromatic nitrogens is 2. The molecule has 0 radical (unpaired) electrons. The first-order valence-electron chi connectivity index (χ1n) is 8.06. The van der Waals surface area contributed by atoms with Gasteiger partial charge in [0.15, 0.2) is 0 Å². The number of aryl methyl sites for hydroxylation is 1. The molecule has 2 aromatic rings. The molecule has 1 aliphatic heterocycles. The van der Waals surface area contributed by atoms with Crippen molar-refractivity contribution in [2.24, 2.45) is 0 Å². The van der Waals surface area contributed by atoms with Crippen molar-refractivity contribution in [3.63, 3.8) is 0 Å². The highest BCUT2D eigenvalue weighted by Crippen LogP contribution is 2.27. The Morgan fingerprint density at radius 3 is 2.52 bits per heavy atom. The van der Waals surface area contributed by atoms with Crippen molar-refractivity contribution in [3.05, 3.63) is 47.2 Å². The molecule has 25 heavy (non-hydrogen) atoms. The number of benzene rings is 1. The zero-order valence-electron chi connectivity index (χ0n) is 13.7. The lowest BCUT2D eigenvalue weighted by Crippen LogP contribution is -2.60. The summed E-state index contributed by atoms with van der Waals surface area (Å²) in [5.41, 5.74) is 2.66. The maximum absolute atomic E-state index is 10.1. The predicted molar refractivity (Wildman–Crippen MR) is 87.0 cm³/mol. The third-order valence-electron chi connectivity index (χ3n) is 4.34. The minimum Gasteiger partial charge on any atom is -0.443 e. The van der Waals surface area contributed by atoms with Gasteiger partial charge in [0.25, 0.3) is 0 Å². The van der Waals surface area contributed by atoms with Gasteiger partial charge in [-0.1, -0.05) is 30.3 Å². The molecule has 5 unspecified atom stereocenters. The fraction of sp³-hybridized carbons (Fsp3) is 0.471. The van der Waals surface area contributed by atoms with Gasteiger partial charge in [-0.05, 0) is 12.5 Å². The Morgan fingerprint density at radius 2 is 1.84 bits per heavy atom. The van der Waals surface area contributed by atoms with Gasteiger partial charge in [-0.3, -0.25) is 5.10 Å². The first-order chi connectivity index (χ1) is 12.0. The summed E-state index contributed by atoms with van der Waals surface area (Å²) in [6.07, 6.45) is -6.11. The lowest BCUT2D eigenvalue weighted by Gasteiger charge is -2.39. The largest absolute Gasteiger partial charge is 0.443 e. The van der Waals surface area contributed by atoms with Gasteiger partial charge < -0.3 is 29.9 Å². The van der Waals surface area contributed by atoms with Crippen LogP contribution in [-0.2, 0) is 11.2 Å². The monoisotopic (exact) mass is 350 g/mol. The number of hydrogen-bond acceptors (Lipinski definition) is 7. The molecule has 8 nitrogen and oxygen atoms in total. The fourth-order valence-corrected chi connectivity index (χ4v) is 2.81. The van der Waals surface area contributed by atoms with E-state index < -0.39 is 37.3 Å². The normalized spacial score (nSPS) is 29.6. The van der Waals surface area contributed by atoms with E-state index in [1.54, 1.807) is 0 Å². The summed E-state index contributed by atoms with van der Waals surface area (Å²) in [5.74, 6) is 0.241. The summed E-state index contributed by atoms with van der Waals surface area (Å²) in [5, 5.41) is 45.9. The molecule has 5 N–H and O–H groups in total. The van der Waals surface area contributed by atoms with Crippen LogP contribution in [0.2, 0.25) is 0 Å². The second-order valence-electron chi connectivity index (χ2n) is 6.11. The van der Waals surface area contributed by atoms with Crippen LogP contribution in [0.15, 0.2) is 30.3 Å². The number of ether oxygens (including phenoxy) is 2. The molecule has 0 saturated carbocycles. The van der Waals surface area contributed by atoms with Crippen LogP contribution < -0.4 is 4.74 Å². The van der Waals surface area contributed by atoms with Gasteiger partial charge in [-0.15, -0.1) is 5.10 Å². The summed E-state index contributed by atoms with van der Waals surface area (Å²) in [6, 6.07) is 9.75. The highest BCUT2D eigenvalue weighted by atomic mass is 16.7. The Hall–Kier alpha value is -1.97. The Kier molecular flexibility index (Phi) is 5.36. The van der Waals surface area contributed by atoms with E-state index >= 15 is 0 Å². The lowest BCUT2D eigenvalue weighted by molar-refractivity contribution is -0.278. The summed E-state index contributed by atoms with van der Waals surface area (Å²) >= 11 is 0. The second kappa shape index (κ2) is 7.51. The molecular formula is C17H22N2O6. The maximum Gasteiger partial charge on any atom is 0.238 e. The van der Waals surface area contributed by atoms with E-state index in [4.69, 9.17) is 9.47 Å². The number of rotatable bonds is 5. The van der Waals surface area contributed by atoms with Crippen molar-refractivity contribution < 1.29 is 29.9 Å². The van der Waals surface area contributed by atoms with Crippen LogP contribution in [0.4, 0.5) is 0 Å². The van der Waals surface area contributed by atoms with E-state index in [0.29, 0.717) is 6.42 Å². The van der Waals surface area contributed by atoms with E-state index in [1.807, 2.05) is 37.3 Å². The third-order valence-corrected chi connectivity index (χ3v) is 4.34. The molecule has 0 bridgehead atoms. The summed E-state index contributed by atoms with van der Waals surface area (Å²) in [4.78, 5) is 0. The Bertz CT molecular complexity index is 690. The fourth-order valence-electron chi connectivity index (χ4n) is 2.81. The van der Waals surface area contributed by atoms with E-state index in [9.17, 15) is 20.4 Å². The first-order valence-corrected chi connectivity index (χ1v) is 8.06. The van der Waals surface area contributed by atoms with Crippen molar-refractivity contribution >= 4 is 0 Å². The van der Waals surface area contributed by atoms with Gasteiger partial charge in [0.2, 0.25) is 12.2 Å². The standard InChI is InChI=1S/C17H22N2O6/c1-9-11(7-10-5-3-2-4-6-10)16(19-18-9)25-17-15(23)14(22)13(21)12(8-20)24-17/h2-6,12-15,17,20-23H,7-8H2,1H3,(H,18,19). The molecule has 0 spiro atoms. The SMILES string of the molecule is Cc1[nH]nc(OC2OC(CO)C(O)C(O)C2O)c1Cc1ccccc1. The minimum absolute atomic E-state index is 0.241. The van der Waals surface area contributed by atoms with Crippen LogP contribution >= 0.6 is 0 Å². The average Bonchev–Trinajstić information content (AvgIpc) is 2.96. The molecule has 8 heteroatoms. The number of aliphatic hydroxyl groups excluding tert-OH is 4. The smallest absolute Gasteiger partial charge is 0.238 e. The highest BCUT2D eigenvalue weighted by Gasteiger charge is 2.45. The van der Waals surface area contributed by atoms with E-state index in [2.05, 4.69) is 10.2 Å². The van der Waals surface area contributed by atoms with Gasteiger partial charge in [0.05, 0.1) is 6.61 Å². The summed E-state index contributed by atoms with van der Waals surface area (Å²) < 4.78 is 11.0. The molecule has 136 valence electrons. The molecule has 0 aliphatic carbocycles. The van der Waals surface area contributed by atoms with Crippen LogP contribution in [0.3, 0.4) is 0 Å². The van der Waals surface area contributed by atoms with Crippen LogP contribution in [0.1, 0.15) is 16.8 Å². The van der Waals surface area contributed by atoms with Crippen molar-refractivity contribution in [1.29, 1.82) is 0 Å². The zero-order chi connectivity index (χ0) is 18.0. The van der Waals surface area contributed by atoms with Crippen molar-refractivity contribution in [2.45, 2.75) is 44.1 Å². The van der Waals surface area contributed by atoms with E-state index in [0.717, 1.165) is 16.8 Å². The number of H-pyrrole nitrogens is 1. The molecule has 1 aromatic heterocycles. The van der Waals surface area contributed by atoms with Crippen molar-refractivity contribution in [1.82, 2.24) is 10.2 Å². The van der Waals surface area contributed by atoms with Gasteiger partial charge in [0.1, 0.15) is 24.4 Å². The number of nitrogens with one attached hydrogen (secondary N) is 1. The molecule has 0 amide bonds. The van der Waals surface area contributed by atoms with Crippen LogP contribution in [-0.4, -0.2) is 67.9 Å². The van der Waals surface area contributed by atoms with Crippen LogP contribution in [0.25, 0.3) is 0 Å².